The highest BCUT2D eigenvalue weighted by atomic mass is 19.1. The molecule has 2 aliphatic rings. The van der Waals surface area contributed by atoms with Gasteiger partial charge in [0.25, 0.3) is 0 Å². The molecule has 0 bridgehead atoms. The summed E-state index contributed by atoms with van der Waals surface area (Å²) in [6.45, 7) is 4.57. The molecular formula is C29H42F2. The second kappa shape index (κ2) is 12.6. The van der Waals surface area contributed by atoms with Crippen LogP contribution in [0.25, 0.3) is 0 Å². The zero-order valence-electron chi connectivity index (χ0n) is 19.8. The summed E-state index contributed by atoms with van der Waals surface area (Å²) in [5.74, 6) is 0.903. The van der Waals surface area contributed by atoms with Gasteiger partial charge in [0.15, 0.2) is 0 Å². The Morgan fingerprint density at radius 2 is 1.45 bits per heavy atom. The van der Waals surface area contributed by atoms with Crippen molar-refractivity contribution < 1.29 is 8.78 Å². The third kappa shape index (κ3) is 7.29. The van der Waals surface area contributed by atoms with Crippen molar-refractivity contribution in [3.05, 3.63) is 58.7 Å². The molecule has 0 saturated heterocycles. The number of benzene rings is 1. The molecule has 0 amide bonds. The number of rotatable bonds is 11. The van der Waals surface area contributed by atoms with Crippen molar-refractivity contribution in [1.29, 1.82) is 0 Å². The summed E-state index contributed by atoms with van der Waals surface area (Å²) in [7, 11) is 0. The molecule has 2 aliphatic carbocycles. The maximum atomic E-state index is 14.7. The third-order valence-corrected chi connectivity index (χ3v) is 7.49. The van der Waals surface area contributed by atoms with Gasteiger partial charge in [-0.2, -0.15) is 0 Å². The van der Waals surface area contributed by atoms with E-state index in [0.717, 1.165) is 30.7 Å². The lowest BCUT2D eigenvalue weighted by Gasteiger charge is -2.29. The predicted molar refractivity (Wildman–Crippen MR) is 128 cm³/mol. The van der Waals surface area contributed by atoms with Crippen LogP contribution in [-0.4, -0.2) is 0 Å². The minimum absolute atomic E-state index is 0.0902. The van der Waals surface area contributed by atoms with Crippen molar-refractivity contribution in [1.82, 2.24) is 0 Å². The quantitative estimate of drug-likeness (QED) is 0.308. The summed E-state index contributed by atoms with van der Waals surface area (Å²) in [6, 6.07) is 3.17. The van der Waals surface area contributed by atoms with Gasteiger partial charge in [-0.15, -0.1) is 0 Å². The minimum Gasteiger partial charge on any atom is -0.207 e. The fourth-order valence-electron chi connectivity index (χ4n) is 5.29. The molecule has 0 aliphatic heterocycles. The first kappa shape index (κ1) is 24.2. The monoisotopic (exact) mass is 428 g/mol. The highest BCUT2D eigenvalue weighted by Gasteiger charge is 2.23. The van der Waals surface area contributed by atoms with Crippen LogP contribution < -0.4 is 0 Å². The number of unbranched alkanes of at least 4 members (excludes halogenated alkanes) is 7. The van der Waals surface area contributed by atoms with Gasteiger partial charge in [-0.05, 0) is 67.2 Å². The van der Waals surface area contributed by atoms with Crippen LogP contribution >= 0.6 is 0 Å². The Bertz CT molecular complexity index is 714. The molecule has 0 aromatic heterocycles. The van der Waals surface area contributed by atoms with E-state index in [1.54, 1.807) is 12.1 Å². The van der Waals surface area contributed by atoms with Crippen LogP contribution in [0.1, 0.15) is 114 Å². The summed E-state index contributed by atoms with van der Waals surface area (Å²) in [4.78, 5) is 0. The lowest BCUT2D eigenvalue weighted by molar-refractivity contribution is 0.322. The molecule has 1 fully saturated rings. The molecule has 1 aromatic rings. The van der Waals surface area contributed by atoms with E-state index in [-0.39, 0.29) is 23.1 Å². The highest BCUT2D eigenvalue weighted by molar-refractivity contribution is 5.36. The molecular weight excluding hydrogens is 386 g/mol. The lowest BCUT2D eigenvalue weighted by Crippen LogP contribution is -2.15. The molecule has 1 aromatic carbocycles. The van der Waals surface area contributed by atoms with Crippen molar-refractivity contribution in [2.45, 2.75) is 110 Å². The Kier molecular flexibility index (Phi) is 9.81. The zero-order chi connectivity index (χ0) is 22.1. The molecule has 0 N–H and O–H groups in total. The molecule has 1 saturated carbocycles. The van der Waals surface area contributed by atoms with E-state index in [1.165, 1.54) is 69.8 Å². The molecule has 1 unspecified atom stereocenters. The Morgan fingerprint density at radius 3 is 2.03 bits per heavy atom. The van der Waals surface area contributed by atoms with Gasteiger partial charge in [-0.1, -0.05) is 89.9 Å². The first-order valence-corrected chi connectivity index (χ1v) is 12.9. The van der Waals surface area contributed by atoms with Crippen molar-refractivity contribution in [3.8, 4) is 0 Å². The van der Waals surface area contributed by atoms with Crippen molar-refractivity contribution in [2.24, 2.45) is 11.8 Å². The summed E-state index contributed by atoms with van der Waals surface area (Å²) < 4.78 is 29.4. The van der Waals surface area contributed by atoms with E-state index in [4.69, 9.17) is 0 Å². The Balaban J connectivity index is 1.47. The van der Waals surface area contributed by atoms with Gasteiger partial charge in [-0.25, -0.2) is 8.78 Å². The lowest BCUT2D eigenvalue weighted by atomic mass is 9.76. The predicted octanol–water partition coefficient (Wildman–Crippen LogP) is 9.44. The smallest absolute Gasteiger partial charge is 0.129 e. The minimum atomic E-state index is -0.359. The zero-order valence-corrected chi connectivity index (χ0v) is 19.8. The maximum absolute atomic E-state index is 14.7. The van der Waals surface area contributed by atoms with Crippen molar-refractivity contribution in [3.63, 3.8) is 0 Å². The van der Waals surface area contributed by atoms with Crippen LogP contribution in [0, 0.1) is 23.5 Å². The molecule has 172 valence electrons. The molecule has 2 heteroatoms. The first-order chi connectivity index (χ1) is 15.1. The van der Waals surface area contributed by atoms with Crippen LogP contribution in [0.15, 0.2) is 35.9 Å². The average molecular weight is 429 g/mol. The van der Waals surface area contributed by atoms with Gasteiger partial charge in [0.1, 0.15) is 11.6 Å². The molecule has 0 nitrogen and oxygen atoms in total. The summed E-state index contributed by atoms with van der Waals surface area (Å²) in [5.41, 5.74) is 2.50. The van der Waals surface area contributed by atoms with Gasteiger partial charge >= 0.3 is 0 Å². The Hall–Kier alpha value is -1.44. The summed E-state index contributed by atoms with van der Waals surface area (Å²) in [5, 5.41) is 0. The normalized spacial score (nSPS) is 23.7. The van der Waals surface area contributed by atoms with Crippen LogP contribution in [0.4, 0.5) is 8.78 Å². The number of hydrogen-bond acceptors (Lipinski definition) is 0. The number of hydrogen-bond donors (Lipinski definition) is 0. The van der Waals surface area contributed by atoms with Crippen LogP contribution in [0.5, 0.6) is 0 Å². The van der Waals surface area contributed by atoms with Gasteiger partial charge < -0.3 is 0 Å². The van der Waals surface area contributed by atoms with Gasteiger partial charge in [0, 0.05) is 11.5 Å². The molecule has 0 radical (unpaired) electrons. The van der Waals surface area contributed by atoms with Gasteiger partial charge in [-0.3, -0.25) is 0 Å². The van der Waals surface area contributed by atoms with E-state index < -0.39 is 0 Å². The molecule has 1 atom stereocenters. The molecule has 0 spiro atoms. The molecule has 31 heavy (non-hydrogen) atoms. The van der Waals surface area contributed by atoms with E-state index in [0.29, 0.717) is 12.3 Å². The second-order valence-corrected chi connectivity index (χ2v) is 10.1. The van der Waals surface area contributed by atoms with Crippen molar-refractivity contribution >= 4 is 0 Å². The topological polar surface area (TPSA) is 0 Å². The maximum Gasteiger partial charge on any atom is 0.129 e. The van der Waals surface area contributed by atoms with Crippen LogP contribution in [-0.2, 0) is 6.42 Å². The average Bonchev–Trinajstić information content (AvgIpc) is 2.77. The number of allylic oxidation sites excluding steroid dienone is 4. The van der Waals surface area contributed by atoms with E-state index in [9.17, 15) is 8.78 Å². The van der Waals surface area contributed by atoms with Gasteiger partial charge in [0.05, 0.1) is 0 Å². The van der Waals surface area contributed by atoms with Crippen LogP contribution in [0.3, 0.4) is 0 Å². The SMILES string of the molecule is CCCCCCCCCCc1c(F)cc(C2C=CC([C@H]3CC[C@H](C)CC3)=CC2)cc1F. The van der Waals surface area contributed by atoms with E-state index in [2.05, 4.69) is 32.1 Å². The largest absolute Gasteiger partial charge is 0.207 e. The standard InChI is InChI=1S/C29H42F2/c1-3-4-5-6-7-8-9-10-11-27-28(30)20-26(21-29(27)31)25-18-16-24(17-19-25)23-14-12-22(2)13-15-23/h16-18,20-23,25H,3-15,19H2,1-2H3/t22-,23-,25?. The van der Waals surface area contributed by atoms with Gasteiger partial charge in [0.2, 0.25) is 0 Å². The Morgan fingerprint density at radius 1 is 0.839 bits per heavy atom. The number of halogens is 2. The van der Waals surface area contributed by atoms with Crippen LogP contribution in [0.2, 0.25) is 0 Å². The molecule has 0 heterocycles. The fourth-order valence-corrected chi connectivity index (χ4v) is 5.29. The molecule has 3 rings (SSSR count). The summed E-state index contributed by atoms with van der Waals surface area (Å²) in [6.07, 6.45) is 22.8. The third-order valence-electron chi connectivity index (χ3n) is 7.49. The second-order valence-electron chi connectivity index (χ2n) is 10.1. The Labute approximate surface area is 189 Å². The highest BCUT2D eigenvalue weighted by Crippen LogP contribution is 2.37. The summed E-state index contributed by atoms with van der Waals surface area (Å²) >= 11 is 0. The van der Waals surface area contributed by atoms with Crippen molar-refractivity contribution in [2.75, 3.05) is 0 Å². The fraction of sp³-hybridized carbons (Fsp3) is 0.655. The van der Waals surface area contributed by atoms with E-state index >= 15 is 0 Å². The first-order valence-electron chi connectivity index (χ1n) is 12.9. The van der Waals surface area contributed by atoms with E-state index in [1.807, 2.05) is 0 Å².